The quantitative estimate of drug-likeness (QED) is 0.231. The molecule has 2 aromatic carbocycles. The summed E-state index contributed by atoms with van der Waals surface area (Å²) in [6, 6.07) is 12.0. The van der Waals surface area contributed by atoms with E-state index >= 15 is 0 Å². The SMILES string of the molecule is Brc1cccc2[nH]ncc12.CC1(C)OB(B2OC(C)(C)C(C)(C)O2)OC1(C)C.CC1(C)OB(c2cccc3[nH]ncc23)OC1(C)C. The van der Waals surface area contributed by atoms with E-state index in [-0.39, 0.29) is 40.7 Å². The Labute approximate surface area is 281 Å². The summed E-state index contributed by atoms with van der Waals surface area (Å²) in [5.41, 5.74) is 1.02. The van der Waals surface area contributed by atoms with Crippen molar-refractivity contribution in [2.75, 3.05) is 0 Å². The zero-order chi connectivity index (χ0) is 33.9. The molecule has 0 aliphatic carbocycles. The minimum atomic E-state index is -0.476. The fourth-order valence-electron chi connectivity index (χ4n) is 5.10. The Morgan fingerprint density at radius 2 is 0.891 bits per heavy atom. The molecule has 0 spiro atoms. The van der Waals surface area contributed by atoms with Gasteiger partial charge in [0.15, 0.2) is 0 Å². The van der Waals surface area contributed by atoms with Crippen molar-refractivity contribution in [3.05, 3.63) is 53.3 Å². The van der Waals surface area contributed by atoms with Crippen LogP contribution in [0.5, 0.6) is 0 Å². The lowest BCUT2D eigenvalue weighted by Gasteiger charge is -2.32. The first kappa shape index (κ1) is 35.1. The molecule has 0 amide bonds. The minimum Gasteiger partial charge on any atom is -0.405 e. The van der Waals surface area contributed by atoms with Crippen molar-refractivity contribution in [1.82, 2.24) is 20.4 Å². The molecule has 5 heterocycles. The van der Waals surface area contributed by atoms with Gasteiger partial charge in [-0.25, -0.2) is 0 Å². The zero-order valence-corrected chi connectivity index (χ0v) is 30.7. The third-order valence-electron chi connectivity index (χ3n) is 10.2. The molecule has 0 bridgehead atoms. The number of aromatic amines is 2. The lowest BCUT2D eigenvalue weighted by atomic mass is 9.49. The van der Waals surface area contributed by atoms with Crippen LogP contribution >= 0.6 is 15.9 Å². The number of hydrogen-bond acceptors (Lipinski definition) is 8. The van der Waals surface area contributed by atoms with E-state index < -0.39 is 14.0 Å². The molecule has 3 fully saturated rings. The zero-order valence-electron chi connectivity index (χ0n) is 29.1. The molecule has 3 aliphatic rings. The Hall–Kier alpha value is -2.19. The lowest BCUT2D eigenvalue weighted by molar-refractivity contribution is 0.00578. The molecule has 4 aromatic rings. The average Bonchev–Trinajstić information content (AvgIpc) is 3.72. The first-order valence-corrected chi connectivity index (χ1v) is 16.5. The summed E-state index contributed by atoms with van der Waals surface area (Å²) in [6.45, 7) is 24.4. The summed E-state index contributed by atoms with van der Waals surface area (Å²) in [5, 5.41) is 16.0. The molecule has 2 aromatic heterocycles. The number of fused-ring (bicyclic) bond motifs is 2. The smallest absolute Gasteiger partial charge is 0.405 e. The molecular weight excluding hydrogens is 649 g/mol. The van der Waals surface area contributed by atoms with E-state index in [4.69, 9.17) is 27.9 Å². The highest BCUT2D eigenvalue weighted by Gasteiger charge is 2.63. The molecule has 0 unspecified atom stereocenters. The van der Waals surface area contributed by atoms with E-state index in [0.717, 1.165) is 31.7 Å². The molecule has 3 aliphatic heterocycles. The van der Waals surface area contributed by atoms with Crippen molar-refractivity contribution in [3.8, 4) is 0 Å². The van der Waals surface area contributed by atoms with Crippen LogP contribution < -0.4 is 5.46 Å². The Morgan fingerprint density at radius 3 is 1.33 bits per heavy atom. The maximum atomic E-state index is 6.06. The van der Waals surface area contributed by atoms with Crippen LogP contribution in [0.25, 0.3) is 21.8 Å². The van der Waals surface area contributed by atoms with Gasteiger partial charge in [0.1, 0.15) is 0 Å². The van der Waals surface area contributed by atoms with Gasteiger partial charge in [-0.1, -0.05) is 34.1 Å². The van der Waals surface area contributed by atoms with Gasteiger partial charge in [-0.15, -0.1) is 0 Å². The number of halogens is 1. The second-order valence-electron chi connectivity index (χ2n) is 15.1. The molecule has 10 nitrogen and oxygen atoms in total. The van der Waals surface area contributed by atoms with Gasteiger partial charge in [0.2, 0.25) is 0 Å². The summed E-state index contributed by atoms with van der Waals surface area (Å²) in [5.74, 6) is 0. The first-order valence-electron chi connectivity index (χ1n) is 15.7. The Morgan fingerprint density at radius 1 is 0.522 bits per heavy atom. The van der Waals surface area contributed by atoms with Crippen LogP contribution in [0.3, 0.4) is 0 Å². The summed E-state index contributed by atoms with van der Waals surface area (Å²) in [6.07, 6.45) is 3.62. The highest BCUT2D eigenvalue weighted by molar-refractivity contribution is 9.10. The minimum absolute atomic E-state index is 0.316. The molecular formula is C32H46B3BrN4O6. The van der Waals surface area contributed by atoms with E-state index in [9.17, 15) is 0 Å². The number of aromatic nitrogens is 4. The van der Waals surface area contributed by atoms with Crippen LogP contribution in [0.4, 0.5) is 0 Å². The van der Waals surface area contributed by atoms with E-state index in [1.54, 1.807) is 6.20 Å². The van der Waals surface area contributed by atoms with Gasteiger partial charge in [0.05, 0.1) is 57.0 Å². The molecule has 246 valence electrons. The second kappa shape index (κ2) is 12.1. The van der Waals surface area contributed by atoms with Crippen LogP contribution in [-0.4, -0.2) is 75.1 Å². The Kier molecular flexibility index (Phi) is 9.20. The standard InChI is InChI=1S/C13H17BN2O2.C12H24B2O4.C7H5BrN2/c1-12(2)13(3,4)18-14(17-12)10-6-5-7-11-9(10)8-15-16-11;1-9(2)10(3,4)16-13(15-9)14-17-11(5,6)12(7,8)18-14;8-6-2-1-3-7-5(6)4-9-10-7/h5-8H,1-4H3,(H,15,16);1-8H3;1-4H,(H,9,10). The van der Waals surface area contributed by atoms with Crippen LogP contribution in [0.15, 0.2) is 53.3 Å². The predicted molar refractivity (Wildman–Crippen MR) is 188 cm³/mol. The lowest BCUT2D eigenvalue weighted by Crippen LogP contribution is -2.41. The van der Waals surface area contributed by atoms with E-state index in [1.165, 1.54) is 0 Å². The predicted octanol–water partition coefficient (Wildman–Crippen LogP) is 6.44. The molecule has 3 saturated heterocycles. The maximum Gasteiger partial charge on any atom is 0.495 e. The van der Waals surface area contributed by atoms with Crippen LogP contribution in [0, 0.1) is 0 Å². The highest BCUT2D eigenvalue weighted by atomic mass is 79.9. The number of hydrogen-bond donors (Lipinski definition) is 2. The van der Waals surface area contributed by atoms with E-state index in [2.05, 4.69) is 64.0 Å². The fraction of sp³-hybridized carbons (Fsp3) is 0.562. The van der Waals surface area contributed by atoms with Gasteiger partial charge in [0.25, 0.3) is 0 Å². The number of H-pyrrole nitrogens is 2. The number of nitrogens with one attached hydrogen (secondary N) is 2. The fourth-order valence-corrected chi connectivity index (χ4v) is 5.57. The highest BCUT2D eigenvalue weighted by Crippen LogP contribution is 2.43. The largest absolute Gasteiger partial charge is 0.495 e. The third kappa shape index (κ3) is 6.59. The monoisotopic (exact) mass is 694 g/mol. The number of benzene rings is 2. The van der Waals surface area contributed by atoms with Crippen molar-refractivity contribution in [1.29, 1.82) is 0 Å². The molecule has 0 radical (unpaired) electrons. The Bertz CT molecular complexity index is 1610. The average molecular weight is 695 g/mol. The molecule has 0 saturated carbocycles. The molecule has 0 atom stereocenters. The topological polar surface area (TPSA) is 113 Å². The van der Waals surface area contributed by atoms with Crippen LogP contribution in [0.2, 0.25) is 0 Å². The molecule has 7 rings (SSSR count). The van der Waals surface area contributed by atoms with Gasteiger partial charge < -0.3 is 27.9 Å². The van der Waals surface area contributed by atoms with Crippen molar-refractivity contribution in [2.45, 2.75) is 117 Å². The summed E-state index contributed by atoms with van der Waals surface area (Å²) in [4.78, 5) is 0. The first-order chi connectivity index (χ1) is 21.2. The van der Waals surface area contributed by atoms with Crippen molar-refractivity contribution < 1.29 is 27.9 Å². The normalized spacial score (nSPS) is 23.3. The van der Waals surface area contributed by atoms with E-state index in [1.807, 2.05) is 98.0 Å². The second-order valence-corrected chi connectivity index (χ2v) is 15.9. The molecule has 2 N–H and O–H groups in total. The van der Waals surface area contributed by atoms with Crippen LogP contribution in [-0.2, 0) is 27.9 Å². The van der Waals surface area contributed by atoms with Gasteiger partial charge in [-0.2, -0.15) is 10.2 Å². The summed E-state index contributed by atoms with van der Waals surface area (Å²) in [7, 11) is -1.29. The number of rotatable bonds is 2. The maximum absolute atomic E-state index is 6.06. The summed E-state index contributed by atoms with van der Waals surface area (Å²) < 4.78 is 37.1. The van der Waals surface area contributed by atoms with Crippen molar-refractivity contribution >= 4 is 64.3 Å². The number of nitrogens with zero attached hydrogens (tertiary/aromatic N) is 2. The van der Waals surface area contributed by atoms with E-state index in [0.29, 0.717) is 0 Å². The van der Waals surface area contributed by atoms with Gasteiger partial charge >= 0.3 is 21.1 Å². The van der Waals surface area contributed by atoms with Crippen LogP contribution in [0.1, 0.15) is 83.1 Å². The summed E-state index contributed by atoms with van der Waals surface area (Å²) >= 11 is 3.42. The third-order valence-corrected chi connectivity index (χ3v) is 10.9. The molecule has 14 heteroatoms. The van der Waals surface area contributed by atoms with Gasteiger partial charge in [-0.05, 0) is 107 Å². The van der Waals surface area contributed by atoms with Crippen molar-refractivity contribution in [2.24, 2.45) is 0 Å². The molecule has 46 heavy (non-hydrogen) atoms. The van der Waals surface area contributed by atoms with Crippen molar-refractivity contribution in [3.63, 3.8) is 0 Å². The van der Waals surface area contributed by atoms with Gasteiger partial charge in [-0.3, -0.25) is 10.2 Å². The Balaban J connectivity index is 0.000000142. The van der Waals surface area contributed by atoms with Gasteiger partial charge in [0, 0.05) is 15.2 Å².